The molecule has 7 nitrogen and oxygen atoms in total. The van der Waals surface area contributed by atoms with Crippen molar-refractivity contribution in [3.05, 3.63) is 70.9 Å². The fourth-order valence-corrected chi connectivity index (χ4v) is 3.64. The van der Waals surface area contributed by atoms with Crippen molar-refractivity contribution in [2.45, 2.75) is 18.8 Å². The van der Waals surface area contributed by atoms with Crippen molar-refractivity contribution >= 4 is 22.8 Å². The fraction of sp³-hybridized carbons (Fsp3) is 0.250. The molecular weight excluding hydrogens is 392 g/mol. The van der Waals surface area contributed by atoms with Gasteiger partial charge in [-0.05, 0) is 35.7 Å². The number of primary amides is 1. The van der Waals surface area contributed by atoms with Crippen molar-refractivity contribution < 1.29 is 14.7 Å². The smallest absolute Gasteiger partial charge is 0.314 e. The highest BCUT2D eigenvalue weighted by atomic mass is 16.3. The molecule has 3 rings (SSSR count). The number of amides is 3. The van der Waals surface area contributed by atoms with Crippen LogP contribution in [0, 0.1) is 11.8 Å². The molecule has 0 unspecified atom stereocenters. The lowest BCUT2D eigenvalue weighted by Crippen LogP contribution is -2.33. The third kappa shape index (κ3) is 5.24. The van der Waals surface area contributed by atoms with Crippen molar-refractivity contribution in [2.24, 2.45) is 5.73 Å². The van der Waals surface area contributed by atoms with Crippen LogP contribution in [0.4, 0.5) is 4.79 Å². The third-order valence-electron chi connectivity index (χ3n) is 5.13. The second-order valence-electron chi connectivity index (χ2n) is 7.13. The number of H-pyrrole nitrogens is 1. The number of fused-ring (bicyclic) bond motifs is 1. The van der Waals surface area contributed by atoms with Gasteiger partial charge in [-0.3, -0.25) is 4.79 Å². The number of para-hydroxylation sites is 1. The first-order valence-electron chi connectivity index (χ1n) is 10.1. The zero-order chi connectivity index (χ0) is 22.2. The summed E-state index contributed by atoms with van der Waals surface area (Å²) in [4.78, 5) is 26.6. The molecule has 1 heterocycles. The van der Waals surface area contributed by atoms with Gasteiger partial charge in [-0.1, -0.05) is 36.1 Å². The van der Waals surface area contributed by atoms with Crippen LogP contribution in [0.3, 0.4) is 0 Å². The van der Waals surface area contributed by atoms with Crippen molar-refractivity contribution in [1.82, 2.24) is 15.6 Å². The average Bonchev–Trinajstić information content (AvgIpc) is 3.19. The van der Waals surface area contributed by atoms with E-state index in [1.54, 1.807) is 19.2 Å². The minimum absolute atomic E-state index is 0.156. The largest absolute Gasteiger partial charge is 0.396 e. The maximum atomic E-state index is 12.1. The highest BCUT2D eigenvalue weighted by molar-refractivity contribution is 5.95. The zero-order valence-corrected chi connectivity index (χ0v) is 17.4. The van der Waals surface area contributed by atoms with E-state index in [4.69, 9.17) is 5.73 Å². The molecule has 0 bridgehead atoms. The second-order valence-corrected chi connectivity index (χ2v) is 7.13. The van der Waals surface area contributed by atoms with E-state index in [0.717, 1.165) is 16.5 Å². The number of aliphatic hydroxyl groups excluding tert-OH is 1. The minimum Gasteiger partial charge on any atom is -0.396 e. The quantitative estimate of drug-likeness (QED) is 0.299. The first-order chi connectivity index (χ1) is 15.0. The van der Waals surface area contributed by atoms with Crippen LogP contribution in [0.5, 0.6) is 0 Å². The Balaban J connectivity index is 1.91. The monoisotopic (exact) mass is 418 g/mol. The maximum Gasteiger partial charge on any atom is 0.314 e. The molecule has 0 saturated heterocycles. The lowest BCUT2D eigenvalue weighted by molar-refractivity contribution is 0.0998. The van der Waals surface area contributed by atoms with Gasteiger partial charge in [0.2, 0.25) is 5.91 Å². The van der Waals surface area contributed by atoms with E-state index in [9.17, 15) is 14.7 Å². The van der Waals surface area contributed by atoms with E-state index in [-0.39, 0.29) is 18.6 Å². The summed E-state index contributed by atoms with van der Waals surface area (Å²) >= 11 is 0. The number of carbonyl (C=O) groups is 2. The number of benzene rings is 2. The molecule has 7 heteroatoms. The summed E-state index contributed by atoms with van der Waals surface area (Å²) in [5.41, 5.74) is 9.35. The van der Waals surface area contributed by atoms with Gasteiger partial charge in [0.1, 0.15) is 0 Å². The fourth-order valence-electron chi connectivity index (χ4n) is 3.64. The highest BCUT2D eigenvalue weighted by Crippen LogP contribution is 2.30. The topological polar surface area (TPSA) is 120 Å². The molecule has 0 aliphatic heterocycles. The van der Waals surface area contributed by atoms with Gasteiger partial charge in [-0.25, -0.2) is 4.79 Å². The molecule has 0 aliphatic carbocycles. The van der Waals surface area contributed by atoms with Gasteiger partial charge in [0.15, 0.2) is 0 Å². The number of aliphatic hydroxyl groups is 1. The van der Waals surface area contributed by atoms with Crippen LogP contribution < -0.4 is 16.4 Å². The second kappa shape index (κ2) is 10.3. The average molecular weight is 418 g/mol. The standard InChI is InChI=1S/C24H26N4O3/c1-26-24(31)27-12-5-4-7-16-8-6-10-20(23(25)30)22(16)18(15-29)13-17-14-28-21-11-3-2-9-19(17)21/h2-3,6,8-11,14,18,28-29H,5,12-13,15H2,1H3,(H2,25,30)(H2,26,27,31)/t18-/m0/s1. The van der Waals surface area contributed by atoms with Crippen LogP contribution >= 0.6 is 0 Å². The Bertz CT molecular complexity index is 1140. The molecule has 3 aromatic rings. The van der Waals surface area contributed by atoms with Gasteiger partial charge in [-0.2, -0.15) is 0 Å². The molecule has 160 valence electrons. The van der Waals surface area contributed by atoms with Crippen LogP contribution in [0.2, 0.25) is 0 Å². The van der Waals surface area contributed by atoms with Crippen molar-refractivity contribution in [1.29, 1.82) is 0 Å². The van der Waals surface area contributed by atoms with E-state index in [2.05, 4.69) is 27.5 Å². The number of carbonyl (C=O) groups excluding carboxylic acids is 2. The van der Waals surface area contributed by atoms with Gasteiger partial charge < -0.3 is 26.5 Å². The van der Waals surface area contributed by atoms with E-state index >= 15 is 0 Å². The summed E-state index contributed by atoms with van der Waals surface area (Å²) in [6.07, 6.45) is 2.90. The van der Waals surface area contributed by atoms with Crippen LogP contribution in [0.1, 0.15) is 39.4 Å². The Labute approximate surface area is 181 Å². The summed E-state index contributed by atoms with van der Waals surface area (Å²) < 4.78 is 0. The number of hydrogen-bond acceptors (Lipinski definition) is 3. The summed E-state index contributed by atoms with van der Waals surface area (Å²) in [6.45, 7) is 0.243. The number of aromatic nitrogens is 1. The van der Waals surface area contributed by atoms with Gasteiger partial charge in [0.25, 0.3) is 0 Å². The van der Waals surface area contributed by atoms with Crippen molar-refractivity contribution in [2.75, 3.05) is 20.2 Å². The maximum absolute atomic E-state index is 12.1. The molecule has 2 aromatic carbocycles. The molecule has 0 spiro atoms. The molecule has 1 aromatic heterocycles. The van der Waals surface area contributed by atoms with Crippen molar-refractivity contribution in [3.63, 3.8) is 0 Å². The number of rotatable bonds is 7. The lowest BCUT2D eigenvalue weighted by atomic mass is 9.85. The Kier molecular flexibility index (Phi) is 7.31. The molecule has 0 fully saturated rings. The zero-order valence-electron chi connectivity index (χ0n) is 17.4. The first kappa shape index (κ1) is 21.9. The van der Waals surface area contributed by atoms with Crippen LogP contribution in [-0.2, 0) is 6.42 Å². The van der Waals surface area contributed by atoms with Gasteiger partial charge in [0.05, 0.1) is 6.61 Å². The lowest BCUT2D eigenvalue weighted by Gasteiger charge is -2.19. The van der Waals surface area contributed by atoms with Crippen LogP contribution in [-0.4, -0.2) is 42.2 Å². The first-order valence-corrected chi connectivity index (χ1v) is 10.1. The van der Waals surface area contributed by atoms with Crippen LogP contribution in [0.25, 0.3) is 10.9 Å². The number of nitrogens with two attached hydrogens (primary N) is 1. The Hall–Kier alpha value is -3.76. The molecule has 0 saturated carbocycles. The molecule has 3 amide bonds. The van der Waals surface area contributed by atoms with Crippen LogP contribution in [0.15, 0.2) is 48.7 Å². The van der Waals surface area contributed by atoms with Gasteiger partial charge in [0, 0.05) is 54.2 Å². The molecule has 1 atom stereocenters. The molecule has 0 radical (unpaired) electrons. The summed E-state index contributed by atoms with van der Waals surface area (Å²) in [5.74, 6) is 5.20. The number of nitrogens with one attached hydrogen (secondary N) is 3. The highest BCUT2D eigenvalue weighted by Gasteiger charge is 2.22. The van der Waals surface area contributed by atoms with Gasteiger partial charge >= 0.3 is 6.03 Å². The van der Waals surface area contributed by atoms with E-state index in [1.165, 1.54) is 0 Å². The molecule has 0 aliphatic rings. The van der Waals surface area contributed by atoms with Gasteiger partial charge in [-0.15, -0.1) is 0 Å². The summed E-state index contributed by atoms with van der Waals surface area (Å²) in [6, 6.07) is 12.9. The number of aromatic amines is 1. The minimum atomic E-state index is -0.558. The molecule has 31 heavy (non-hydrogen) atoms. The summed E-state index contributed by atoms with van der Waals surface area (Å²) in [7, 11) is 1.55. The number of urea groups is 1. The van der Waals surface area contributed by atoms with E-state index in [1.807, 2.05) is 36.5 Å². The van der Waals surface area contributed by atoms with E-state index < -0.39 is 5.91 Å². The third-order valence-corrected chi connectivity index (χ3v) is 5.13. The molecule has 6 N–H and O–H groups in total. The SMILES string of the molecule is CNC(=O)NCCC#Cc1cccc(C(N)=O)c1[C@H](CO)Cc1c[nH]c2ccccc12. The molecular formula is C24H26N4O3. The van der Waals surface area contributed by atoms with E-state index in [0.29, 0.717) is 36.1 Å². The Morgan fingerprint density at radius 2 is 2.00 bits per heavy atom. The Morgan fingerprint density at radius 1 is 1.19 bits per heavy atom. The summed E-state index contributed by atoms with van der Waals surface area (Å²) in [5, 5.41) is 16.4. The number of hydrogen-bond donors (Lipinski definition) is 5. The predicted octanol–water partition coefficient (Wildman–Crippen LogP) is 2.26. The normalized spacial score (nSPS) is 11.4. The Morgan fingerprint density at radius 3 is 2.74 bits per heavy atom. The predicted molar refractivity (Wildman–Crippen MR) is 121 cm³/mol. The van der Waals surface area contributed by atoms with Crippen molar-refractivity contribution in [3.8, 4) is 11.8 Å².